The highest BCUT2D eigenvalue weighted by atomic mass is 16.2. The van der Waals surface area contributed by atoms with Crippen LogP contribution in [0.15, 0.2) is 48.5 Å². The van der Waals surface area contributed by atoms with E-state index in [1.165, 1.54) is 18.4 Å². The zero-order valence-electron chi connectivity index (χ0n) is 19.5. The van der Waals surface area contributed by atoms with Crippen molar-refractivity contribution in [3.8, 4) is 0 Å². The van der Waals surface area contributed by atoms with Crippen molar-refractivity contribution in [2.45, 2.75) is 58.7 Å². The van der Waals surface area contributed by atoms with Gasteiger partial charge in [0.25, 0.3) is 5.91 Å². The Morgan fingerprint density at radius 1 is 1.06 bits per heavy atom. The molecule has 170 valence electrons. The standard InChI is InChI=1S/C27H35N3O2/c1-19-10-13-22(14-11-19)18-30-25(23-7-4-5-8-24(23)27(30)32)26(31)28-15-6-16-29-17-20(2)9-12-21(29)3/h4-5,7-8,10-11,13-14,20-21,25H,6,9,12,15-18H2,1-3H3,(H,28,31). The normalized spacial score (nSPS) is 23.3. The Kier molecular flexibility index (Phi) is 6.95. The molecular weight excluding hydrogens is 398 g/mol. The fourth-order valence-electron chi connectivity index (χ4n) is 4.99. The lowest BCUT2D eigenvalue weighted by Gasteiger charge is -2.36. The van der Waals surface area contributed by atoms with Gasteiger partial charge in [0.15, 0.2) is 0 Å². The Morgan fingerprint density at radius 2 is 1.81 bits per heavy atom. The number of likely N-dealkylation sites (tertiary alicyclic amines) is 1. The maximum Gasteiger partial charge on any atom is 0.255 e. The quantitative estimate of drug-likeness (QED) is 0.662. The van der Waals surface area contributed by atoms with Crippen LogP contribution in [0.1, 0.15) is 66.2 Å². The molecule has 0 saturated carbocycles. The van der Waals surface area contributed by atoms with E-state index in [9.17, 15) is 9.59 Å². The third-order valence-electron chi connectivity index (χ3n) is 6.95. The number of carbonyl (C=O) groups excluding carboxylic acids is 2. The molecule has 0 aliphatic carbocycles. The average molecular weight is 434 g/mol. The summed E-state index contributed by atoms with van der Waals surface area (Å²) in [5, 5.41) is 3.12. The Labute approximate surface area is 191 Å². The van der Waals surface area contributed by atoms with Gasteiger partial charge in [0.05, 0.1) is 0 Å². The predicted octanol–water partition coefficient (Wildman–Crippen LogP) is 4.32. The van der Waals surface area contributed by atoms with E-state index in [1.807, 2.05) is 55.5 Å². The van der Waals surface area contributed by atoms with E-state index in [4.69, 9.17) is 0 Å². The molecule has 2 heterocycles. The van der Waals surface area contributed by atoms with Crippen molar-refractivity contribution in [3.63, 3.8) is 0 Å². The number of amides is 2. The van der Waals surface area contributed by atoms with E-state index >= 15 is 0 Å². The van der Waals surface area contributed by atoms with E-state index < -0.39 is 6.04 Å². The SMILES string of the molecule is Cc1ccc(CN2C(=O)c3ccccc3C2C(=O)NCCCN2CC(C)CCC2C)cc1. The van der Waals surface area contributed by atoms with Gasteiger partial charge in [-0.1, -0.05) is 55.0 Å². The van der Waals surface area contributed by atoms with Gasteiger partial charge in [0.2, 0.25) is 5.91 Å². The van der Waals surface area contributed by atoms with Crippen molar-refractivity contribution in [1.82, 2.24) is 15.1 Å². The van der Waals surface area contributed by atoms with Crippen LogP contribution in [-0.4, -0.2) is 47.3 Å². The molecule has 5 nitrogen and oxygen atoms in total. The number of nitrogens with zero attached hydrogens (tertiary/aromatic N) is 2. The molecule has 0 spiro atoms. The molecular formula is C27H35N3O2. The van der Waals surface area contributed by atoms with Crippen LogP contribution in [0, 0.1) is 12.8 Å². The smallest absolute Gasteiger partial charge is 0.255 e. The minimum absolute atomic E-state index is 0.0718. The number of nitrogens with one attached hydrogen (secondary N) is 1. The molecule has 3 unspecified atom stereocenters. The Morgan fingerprint density at radius 3 is 2.59 bits per heavy atom. The molecule has 2 aliphatic rings. The number of hydrogen-bond donors (Lipinski definition) is 1. The number of aryl methyl sites for hydroxylation is 1. The monoisotopic (exact) mass is 433 g/mol. The van der Waals surface area contributed by atoms with Crippen LogP contribution in [0.2, 0.25) is 0 Å². The van der Waals surface area contributed by atoms with Crippen molar-refractivity contribution in [3.05, 3.63) is 70.8 Å². The highest BCUT2D eigenvalue weighted by Crippen LogP contribution is 2.35. The molecule has 1 saturated heterocycles. The second-order valence-electron chi connectivity index (χ2n) is 9.58. The molecule has 1 N–H and O–H groups in total. The molecule has 2 amide bonds. The summed E-state index contributed by atoms with van der Waals surface area (Å²) in [6.45, 7) is 9.86. The number of piperidine rings is 1. The molecule has 2 aromatic rings. The summed E-state index contributed by atoms with van der Waals surface area (Å²) in [5.74, 6) is 0.588. The predicted molar refractivity (Wildman–Crippen MR) is 127 cm³/mol. The molecule has 1 fully saturated rings. The molecule has 3 atom stereocenters. The second kappa shape index (κ2) is 9.86. The first kappa shape index (κ1) is 22.5. The maximum absolute atomic E-state index is 13.3. The summed E-state index contributed by atoms with van der Waals surface area (Å²) >= 11 is 0. The van der Waals surface area contributed by atoms with Gasteiger partial charge in [-0.15, -0.1) is 0 Å². The molecule has 0 aromatic heterocycles. The average Bonchev–Trinajstić information content (AvgIpc) is 3.07. The van der Waals surface area contributed by atoms with Gasteiger partial charge in [-0.05, 0) is 56.2 Å². The molecule has 32 heavy (non-hydrogen) atoms. The van der Waals surface area contributed by atoms with Crippen molar-refractivity contribution in [2.75, 3.05) is 19.6 Å². The molecule has 0 bridgehead atoms. The lowest BCUT2D eigenvalue weighted by Crippen LogP contribution is -2.43. The van der Waals surface area contributed by atoms with Crippen LogP contribution in [-0.2, 0) is 11.3 Å². The zero-order chi connectivity index (χ0) is 22.7. The summed E-state index contributed by atoms with van der Waals surface area (Å²) in [6, 6.07) is 15.7. The minimum atomic E-state index is -0.575. The van der Waals surface area contributed by atoms with Crippen LogP contribution in [0.25, 0.3) is 0 Å². The largest absolute Gasteiger partial charge is 0.354 e. The zero-order valence-corrected chi connectivity index (χ0v) is 19.5. The number of carbonyl (C=O) groups is 2. The van der Waals surface area contributed by atoms with E-state index in [2.05, 4.69) is 24.1 Å². The summed E-state index contributed by atoms with van der Waals surface area (Å²) in [7, 11) is 0. The first-order valence-electron chi connectivity index (χ1n) is 11.9. The third kappa shape index (κ3) is 4.88. The Bertz CT molecular complexity index is 956. The Hall–Kier alpha value is -2.66. The van der Waals surface area contributed by atoms with Gasteiger partial charge in [-0.3, -0.25) is 9.59 Å². The number of hydrogen-bond acceptors (Lipinski definition) is 3. The molecule has 5 heteroatoms. The fraction of sp³-hybridized carbons (Fsp3) is 0.481. The van der Waals surface area contributed by atoms with Crippen molar-refractivity contribution in [2.24, 2.45) is 5.92 Å². The van der Waals surface area contributed by atoms with Gasteiger partial charge < -0.3 is 15.1 Å². The van der Waals surface area contributed by atoms with E-state index in [0.717, 1.165) is 36.6 Å². The molecule has 0 radical (unpaired) electrons. The van der Waals surface area contributed by atoms with Crippen LogP contribution in [0.5, 0.6) is 0 Å². The van der Waals surface area contributed by atoms with E-state index in [0.29, 0.717) is 24.7 Å². The van der Waals surface area contributed by atoms with Gasteiger partial charge in [-0.2, -0.15) is 0 Å². The van der Waals surface area contributed by atoms with E-state index in [1.54, 1.807) is 4.90 Å². The van der Waals surface area contributed by atoms with Crippen molar-refractivity contribution >= 4 is 11.8 Å². The lowest BCUT2D eigenvalue weighted by atomic mass is 9.95. The summed E-state index contributed by atoms with van der Waals surface area (Å²) in [4.78, 5) is 30.6. The molecule has 4 rings (SSSR count). The number of rotatable bonds is 7. The minimum Gasteiger partial charge on any atom is -0.354 e. The van der Waals surface area contributed by atoms with Crippen LogP contribution >= 0.6 is 0 Å². The third-order valence-corrected chi connectivity index (χ3v) is 6.95. The number of fused-ring (bicyclic) bond motifs is 1. The van der Waals surface area contributed by atoms with Crippen molar-refractivity contribution < 1.29 is 9.59 Å². The fourth-order valence-corrected chi connectivity index (χ4v) is 4.99. The van der Waals surface area contributed by atoms with Gasteiger partial charge in [-0.25, -0.2) is 0 Å². The second-order valence-corrected chi connectivity index (χ2v) is 9.58. The Balaban J connectivity index is 1.41. The van der Waals surface area contributed by atoms with Gasteiger partial charge in [0, 0.05) is 37.8 Å². The van der Waals surface area contributed by atoms with Crippen LogP contribution in [0.4, 0.5) is 0 Å². The van der Waals surface area contributed by atoms with Crippen LogP contribution in [0.3, 0.4) is 0 Å². The highest BCUT2D eigenvalue weighted by molar-refractivity contribution is 6.04. The summed E-state index contributed by atoms with van der Waals surface area (Å²) < 4.78 is 0. The van der Waals surface area contributed by atoms with Crippen LogP contribution < -0.4 is 5.32 Å². The first-order valence-corrected chi connectivity index (χ1v) is 11.9. The lowest BCUT2D eigenvalue weighted by molar-refractivity contribution is -0.125. The van der Waals surface area contributed by atoms with Gasteiger partial charge in [0.1, 0.15) is 6.04 Å². The summed E-state index contributed by atoms with van der Waals surface area (Å²) in [6.07, 6.45) is 3.48. The molecule has 2 aliphatic heterocycles. The van der Waals surface area contributed by atoms with Crippen molar-refractivity contribution in [1.29, 1.82) is 0 Å². The highest BCUT2D eigenvalue weighted by Gasteiger charge is 2.40. The maximum atomic E-state index is 13.3. The molecule has 2 aromatic carbocycles. The summed E-state index contributed by atoms with van der Waals surface area (Å²) in [5.41, 5.74) is 3.65. The topological polar surface area (TPSA) is 52.7 Å². The van der Waals surface area contributed by atoms with E-state index in [-0.39, 0.29) is 11.8 Å². The number of benzene rings is 2. The van der Waals surface area contributed by atoms with Gasteiger partial charge >= 0.3 is 0 Å². The first-order chi connectivity index (χ1) is 15.4.